The number of likely N-dealkylation sites (tertiary alicyclic amines) is 1. The van der Waals surface area contributed by atoms with Crippen LogP contribution in [0.3, 0.4) is 0 Å². The minimum Gasteiger partial charge on any atom is -0.494 e. The Kier molecular flexibility index (Phi) is 5.27. The van der Waals surface area contributed by atoms with Gasteiger partial charge in [-0.2, -0.15) is 0 Å². The molecule has 0 radical (unpaired) electrons. The molecule has 26 heavy (non-hydrogen) atoms. The van der Waals surface area contributed by atoms with Crippen molar-refractivity contribution in [2.24, 2.45) is 0 Å². The molecule has 0 aromatic heterocycles. The second-order valence-corrected chi connectivity index (χ2v) is 7.05. The molecule has 0 aliphatic carbocycles. The Labute approximate surface area is 153 Å². The first-order valence-corrected chi connectivity index (χ1v) is 9.20. The molecular weight excluding hydrogens is 334 g/mol. The number of ether oxygens (including phenoxy) is 1. The topological polar surface area (TPSA) is 71.4 Å². The molecule has 7 heteroatoms. The van der Waals surface area contributed by atoms with Crippen molar-refractivity contribution >= 4 is 17.8 Å². The third-order valence-electron chi connectivity index (χ3n) is 5.04. The summed E-state index contributed by atoms with van der Waals surface area (Å²) >= 11 is 0. The average molecular weight is 360 g/mol. The summed E-state index contributed by atoms with van der Waals surface area (Å²) in [6.07, 6.45) is 2.01. The van der Waals surface area contributed by atoms with Crippen LogP contribution in [0.5, 0.6) is 5.75 Å². The van der Waals surface area contributed by atoms with Gasteiger partial charge in [-0.1, -0.05) is 0 Å². The lowest BCUT2D eigenvalue weighted by Crippen LogP contribution is -3.12. The molecule has 2 heterocycles. The summed E-state index contributed by atoms with van der Waals surface area (Å²) in [5, 5.41) is 0. The number of hydrogen-bond donors (Lipinski definition) is 1. The molecule has 0 spiro atoms. The lowest BCUT2D eigenvalue weighted by molar-refractivity contribution is -0.925. The predicted octanol–water partition coefficient (Wildman–Crippen LogP) is 0.962. The van der Waals surface area contributed by atoms with E-state index in [9.17, 15) is 14.4 Å². The zero-order valence-electron chi connectivity index (χ0n) is 15.5. The number of quaternary nitrogens is 1. The summed E-state index contributed by atoms with van der Waals surface area (Å²) in [5.74, 6) is -0.603. The van der Waals surface area contributed by atoms with Crippen LogP contribution in [0.25, 0.3) is 0 Å². The molecule has 2 atom stereocenters. The molecule has 2 aliphatic rings. The largest absolute Gasteiger partial charge is 0.494 e. The smallest absolute Gasteiger partial charge is 0.338 e. The molecule has 0 bridgehead atoms. The predicted molar refractivity (Wildman–Crippen MR) is 94.5 cm³/mol. The summed E-state index contributed by atoms with van der Waals surface area (Å²) < 4.78 is 5.48. The fourth-order valence-electron chi connectivity index (χ4n) is 3.79. The van der Waals surface area contributed by atoms with Gasteiger partial charge in [-0.3, -0.25) is 14.5 Å². The molecule has 1 aromatic rings. The number of hydrogen-bond acceptors (Lipinski definition) is 4. The quantitative estimate of drug-likeness (QED) is 0.606. The van der Waals surface area contributed by atoms with E-state index in [1.165, 1.54) is 0 Å². The highest BCUT2D eigenvalue weighted by atomic mass is 16.5. The number of imide groups is 2. The highest BCUT2D eigenvalue weighted by molar-refractivity contribution is 6.44. The van der Waals surface area contributed by atoms with E-state index in [2.05, 4.69) is 0 Å². The van der Waals surface area contributed by atoms with E-state index in [4.69, 9.17) is 4.74 Å². The number of amides is 4. The van der Waals surface area contributed by atoms with Crippen LogP contribution in [0.15, 0.2) is 24.3 Å². The summed E-state index contributed by atoms with van der Waals surface area (Å²) in [5.41, 5.74) is 1.16. The lowest BCUT2D eigenvalue weighted by atomic mass is 10.0. The summed E-state index contributed by atoms with van der Waals surface area (Å²) in [6.45, 7) is 7.13. The Morgan fingerprint density at radius 2 is 1.85 bits per heavy atom. The van der Waals surface area contributed by atoms with Gasteiger partial charge in [0, 0.05) is 24.4 Å². The van der Waals surface area contributed by atoms with Crippen LogP contribution in [-0.4, -0.2) is 53.5 Å². The maximum absolute atomic E-state index is 12.5. The first kappa shape index (κ1) is 18.4. The Balaban J connectivity index is 1.74. The Morgan fingerprint density at radius 3 is 2.42 bits per heavy atom. The van der Waals surface area contributed by atoms with Gasteiger partial charge in [0.25, 0.3) is 0 Å². The molecule has 2 fully saturated rings. The van der Waals surface area contributed by atoms with E-state index in [1.54, 1.807) is 13.8 Å². The van der Waals surface area contributed by atoms with E-state index in [0.717, 1.165) is 45.4 Å². The highest BCUT2D eigenvalue weighted by Gasteiger charge is 2.48. The maximum atomic E-state index is 12.5. The highest BCUT2D eigenvalue weighted by Crippen LogP contribution is 2.22. The van der Waals surface area contributed by atoms with Crippen molar-refractivity contribution in [3.05, 3.63) is 29.8 Å². The summed E-state index contributed by atoms with van der Waals surface area (Å²) in [7, 11) is 0. The lowest BCUT2D eigenvalue weighted by Gasteiger charge is -2.25. The van der Waals surface area contributed by atoms with Crippen LogP contribution in [0, 0.1) is 0 Å². The van der Waals surface area contributed by atoms with Crippen LogP contribution >= 0.6 is 0 Å². The van der Waals surface area contributed by atoms with Crippen LogP contribution in [0.1, 0.15) is 45.2 Å². The molecular formula is C19H26N3O4+. The fourth-order valence-corrected chi connectivity index (χ4v) is 3.79. The third kappa shape index (κ3) is 3.31. The Morgan fingerprint density at radius 1 is 1.15 bits per heavy atom. The van der Waals surface area contributed by atoms with E-state index in [-0.39, 0.29) is 18.8 Å². The molecule has 0 saturated carbocycles. The number of nitrogens with zero attached hydrogens (tertiary/aromatic N) is 2. The first-order valence-electron chi connectivity index (χ1n) is 9.20. The summed E-state index contributed by atoms with van der Waals surface area (Å²) in [4.78, 5) is 40.1. The molecule has 2 aliphatic heterocycles. The van der Waals surface area contributed by atoms with Crippen molar-refractivity contribution in [3.63, 3.8) is 0 Å². The van der Waals surface area contributed by atoms with Crippen molar-refractivity contribution in [2.45, 2.75) is 45.7 Å². The molecule has 2 saturated heterocycles. The van der Waals surface area contributed by atoms with Gasteiger partial charge >= 0.3 is 17.8 Å². The Hall–Kier alpha value is -2.41. The number of carbonyl (C=O) groups excluding carboxylic acids is 3. The SMILES string of the molecule is CCOc1ccc([C@H]2CCC[NH+]2CN2C(=O)C(=O)N(C(C)C)C2=O)cc1. The number of rotatable bonds is 6. The normalized spacial score (nSPS) is 23.5. The van der Waals surface area contributed by atoms with Gasteiger partial charge in [0.15, 0.2) is 6.67 Å². The van der Waals surface area contributed by atoms with E-state index in [0.29, 0.717) is 6.61 Å². The monoisotopic (exact) mass is 360 g/mol. The minimum absolute atomic E-state index is 0.203. The van der Waals surface area contributed by atoms with E-state index < -0.39 is 17.8 Å². The van der Waals surface area contributed by atoms with Crippen molar-refractivity contribution in [3.8, 4) is 5.75 Å². The van der Waals surface area contributed by atoms with Crippen LogP contribution in [-0.2, 0) is 9.59 Å². The number of benzene rings is 1. The number of urea groups is 1. The molecule has 1 aromatic carbocycles. The first-order chi connectivity index (χ1) is 12.4. The second-order valence-electron chi connectivity index (χ2n) is 7.05. The zero-order valence-corrected chi connectivity index (χ0v) is 15.5. The molecule has 3 rings (SSSR count). The van der Waals surface area contributed by atoms with Crippen LogP contribution in [0.2, 0.25) is 0 Å². The molecule has 140 valence electrons. The van der Waals surface area contributed by atoms with Gasteiger partial charge in [-0.25, -0.2) is 9.69 Å². The average Bonchev–Trinajstić information content (AvgIpc) is 3.15. The molecule has 7 nitrogen and oxygen atoms in total. The standard InChI is InChI=1S/C19H25N3O4/c1-4-26-15-9-7-14(8-10-15)16-6-5-11-20(16)12-21-17(23)18(24)22(13(2)3)19(21)25/h7-10,13,16H,4-6,11-12H2,1-3H3/p+1/t16-/m1/s1. The molecule has 1 unspecified atom stereocenters. The van der Waals surface area contributed by atoms with Crippen LogP contribution in [0.4, 0.5) is 4.79 Å². The van der Waals surface area contributed by atoms with Gasteiger partial charge in [-0.05, 0) is 45.0 Å². The molecule has 4 amide bonds. The van der Waals surface area contributed by atoms with Crippen LogP contribution < -0.4 is 9.64 Å². The number of nitrogens with one attached hydrogen (secondary N) is 1. The van der Waals surface area contributed by atoms with E-state index >= 15 is 0 Å². The second kappa shape index (κ2) is 7.45. The van der Waals surface area contributed by atoms with Gasteiger partial charge in [-0.15, -0.1) is 0 Å². The van der Waals surface area contributed by atoms with Crippen molar-refractivity contribution < 1.29 is 24.0 Å². The van der Waals surface area contributed by atoms with Gasteiger partial charge in [0.05, 0.1) is 13.2 Å². The minimum atomic E-state index is -0.721. The summed E-state index contributed by atoms with van der Waals surface area (Å²) in [6, 6.07) is 7.37. The van der Waals surface area contributed by atoms with Gasteiger partial charge in [0.1, 0.15) is 11.8 Å². The molecule has 1 N–H and O–H groups in total. The Bertz CT molecular complexity index is 701. The maximum Gasteiger partial charge on any atom is 0.338 e. The van der Waals surface area contributed by atoms with Crippen molar-refractivity contribution in [1.82, 2.24) is 9.80 Å². The zero-order chi connectivity index (χ0) is 18.8. The fraction of sp³-hybridized carbons (Fsp3) is 0.526. The third-order valence-corrected chi connectivity index (χ3v) is 5.04. The van der Waals surface area contributed by atoms with Gasteiger partial charge in [0.2, 0.25) is 0 Å². The van der Waals surface area contributed by atoms with Gasteiger partial charge < -0.3 is 9.64 Å². The van der Waals surface area contributed by atoms with E-state index in [1.807, 2.05) is 31.2 Å². The number of carbonyl (C=O) groups is 3. The van der Waals surface area contributed by atoms with Crippen molar-refractivity contribution in [1.29, 1.82) is 0 Å². The van der Waals surface area contributed by atoms with Crippen molar-refractivity contribution in [2.75, 3.05) is 19.8 Å².